The van der Waals surface area contributed by atoms with Gasteiger partial charge in [-0.05, 0) is 41.1 Å². The van der Waals surface area contributed by atoms with Gasteiger partial charge in [-0.25, -0.2) is 14.5 Å². The molecule has 0 bridgehead atoms. The number of anilines is 2. The van der Waals surface area contributed by atoms with E-state index in [-0.39, 0.29) is 18.4 Å². The first-order chi connectivity index (χ1) is 13.1. The predicted molar refractivity (Wildman–Crippen MR) is 99.1 cm³/mol. The van der Waals surface area contributed by atoms with E-state index in [2.05, 4.69) is 31.1 Å². The first-order valence-corrected chi connectivity index (χ1v) is 9.12. The highest BCUT2D eigenvalue weighted by Gasteiger charge is 2.24. The van der Waals surface area contributed by atoms with E-state index in [1.807, 2.05) is 19.1 Å². The zero-order valence-electron chi connectivity index (χ0n) is 14.4. The average molecular weight is 384 g/mol. The molecule has 0 aliphatic carbocycles. The molecule has 4 rings (SSSR count). The lowest BCUT2D eigenvalue weighted by atomic mass is 10.1. The van der Waals surface area contributed by atoms with E-state index in [9.17, 15) is 9.59 Å². The summed E-state index contributed by atoms with van der Waals surface area (Å²) < 4.78 is 1.56. The van der Waals surface area contributed by atoms with Crippen molar-refractivity contribution in [3.63, 3.8) is 0 Å². The van der Waals surface area contributed by atoms with Gasteiger partial charge in [-0.1, -0.05) is 0 Å². The first kappa shape index (κ1) is 17.1. The highest BCUT2D eigenvalue weighted by atomic mass is 32.1. The summed E-state index contributed by atoms with van der Waals surface area (Å²) in [6.45, 7) is 3.11. The van der Waals surface area contributed by atoms with E-state index in [1.165, 1.54) is 17.7 Å². The summed E-state index contributed by atoms with van der Waals surface area (Å²) >= 11 is 1.35. The molecule has 0 atom stereocenters. The van der Waals surface area contributed by atoms with Crippen molar-refractivity contribution in [3.05, 3.63) is 41.2 Å². The van der Waals surface area contributed by atoms with Crippen LogP contribution in [-0.4, -0.2) is 50.2 Å². The Labute approximate surface area is 158 Å². The monoisotopic (exact) mass is 384 g/mol. The standard InChI is InChI=1S/C16H16N8O2S/c1-10-6-11(2-3-13(10)24-9-18-21-22-24)19-14(25)7-12-8-27-16(20-12)23-5-4-17-15(23)26/h2-3,6,8-9H,4-5,7H2,1H3,(H,17,26)(H,19,25). The van der Waals surface area contributed by atoms with Gasteiger partial charge in [0, 0.05) is 24.2 Å². The molecule has 3 amide bonds. The van der Waals surface area contributed by atoms with Crippen molar-refractivity contribution in [1.29, 1.82) is 0 Å². The number of amides is 3. The van der Waals surface area contributed by atoms with Crippen LogP contribution < -0.4 is 15.5 Å². The Bertz CT molecular complexity index is 984. The third-order valence-electron chi connectivity index (χ3n) is 4.05. The lowest BCUT2D eigenvalue weighted by Crippen LogP contribution is -2.27. The minimum atomic E-state index is -0.174. The van der Waals surface area contributed by atoms with Crippen molar-refractivity contribution in [1.82, 2.24) is 30.5 Å². The van der Waals surface area contributed by atoms with Gasteiger partial charge in [-0.3, -0.25) is 9.69 Å². The van der Waals surface area contributed by atoms with Crippen molar-refractivity contribution in [2.24, 2.45) is 0 Å². The maximum absolute atomic E-state index is 12.3. The maximum Gasteiger partial charge on any atom is 0.323 e. The predicted octanol–water partition coefficient (Wildman–Crippen LogP) is 1.14. The summed E-state index contributed by atoms with van der Waals surface area (Å²) in [5.41, 5.74) is 3.08. The third kappa shape index (κ3) is 3.62. The minimum Gasteiger partial charge on any atom is -0.336 e. The molecule has 3 heterocycles. The number of tetrazole rings is 1. The topological polar surface area (TPSA) is 118 Å². The smallest absolute Gasteiger partial charge is 0.323 e. The fourth-order valence-electron chi connectivity index (χ4n) is 2.79. The lowest BCUT2D eigenvalue weighted by Gasteiger charge is -2.09. The van der Waals surface area contributed by atoms with Crippen molar-refractivity contribution >= 4 is 34.1 Å². The van der Waals surface area contributed by atoms with Crippen molar-refractivity contribution < 1.29 is 9.59 Å². The molecule has 1 fully saturated rings. The molecule has 2 aromatic heterocycles. The number of thiazole rings is 1. The molecule has 1 aliphatic heterocycles. The first-order valence-electron chi connectivity index (χ1n) is 8.24. The van der Waals surface area contributed by atoms with Gasteiger partial charge in [-0.2, -0.15) is 0 Å². The van der Waals surface area contributed by atoms with Crippen molar-refractivity contribution in [3.8, 4) is 5.69 Å². The number of benzene rings is 1. The zero-order valence-corrected chi connectivity index (χ0v) is 15.2. The highest BCUT2D eigenvalue weighted by molar-refractivity contribution is 7.14. The maximum atomic E-state index is 12.3. The lowest BCUT2D eigenvalue weighted by molar-refractivity contribution is -0.115. The van der Waals surface area contributed by atoms with Crippen molar-refractivity contribution in [2.45, 2.75) is 13.3 Å². The Balaban J connectivity index is 1.40. The van der Waals surface area contributed by atoms with Gasteiger partial charge in [0.1, 0.15) is 6.33 Å². The molecule has 0 unspecified atom stereocenters. The van der Waals surface area contributed by atoms with Crippen LogP contribution >= 0.6 is 11.3 Å². The number of hydrogen-bond donors (Lipinski definition) is 2. The Kier molecular flexibility index (Phi) is 4.50. The minimum absolute atomic E-state index is 0.139. The molecule has 0 saturated carbocycles. The van der Waals surface area contributed by atoms with Crippen LogP contribution in [0, 0.1) is 6.92 Å². The Hall–Kier alpha value is -3.34. The molecular formula is C16H16N8O2S. The molecule has 138 valence electrons. The van der Waals surface area contributed by atoms with Gasteiger partial charge in [0.05, 0.1) is 17.8 Å². The van der Waals surface area contributed by atoms with Crippen LogP contribution in [0.1, 0.15) is 11.3 Å². The number of hydrogen-bond acceptors (Lipinski definition) is 7. The van der Waals surface area contributed by atoms with E-state index >= 15 is 0 Å². The fourth-order valence-corrected chi connectivity index (χ4v) is 3.64. The van der Waals surface area contributed by atoms with Gasteiger partial charge >= 0.3 is 6.03 Å². The quantitative estimate of drug-likeness (QED) is 0.681. The van der Waals surface area contributed by atoms with Crippen LogP contribution in [0.15, 0.2) is 29.9 Å². The third-order valence-corrected chi connectivity index (χ3v) is 4.96. The van der Waals surface area contributed by atoms with Crippen LogP contribution in [0.25, 0.3) is 5.69 Å². The molecular weight excluding hydrogens is 368 g/mol. The Morgan fingerprint density at radius 3 is 3.00 bits per heavy atom. The Morgan fingerprint density at radius 2 is 2.30 bits per heavy atom. The van der Waals surface area contributed by atoms with Crippen LogP contribution in [-0.2, 0) is 11.2 Å². The molecule has 3 aromatic rings. The fraction of sp³-hybridized carbons (Fsp3) is 0.250. The number of carbonyl (C=O) groups is 2. The van der Waals surface area contributed by atoms with E-state index in [4.69, 9.17) is 0 Å². The largest absolute Gasteiger partial charge is 0.336 e. The molecule has 27 heavy (non-hydrogen) atoms. The van der Waals surface area contributed by atoms with E-state index in [0.717, 1.165) is 11.3 Å². The number of aryl methyl sites for hydroxylation is 1. The molecule has 1 saturated heterocycles. The second-order valence-corrected chi connectivity index (χ2v) is 6.82. The van der Waals surface area contributed by atoms with Crippen LogP contribution in [0.4, 0.5) is 15.6 Å². The SMILES string of the molecule is Cc1cc(NC(=O)Cc2csc(N3CCNC3=O)n2)ccc1-n1cnnn1. The second kappa shape index (κ2) is 7.11. The molecule has 11 heteroatoms. The van der Waals surface area contributed by atoms with Gasteiger partial charge in [0.25, 0.3) is 0 Å². The number of nitrogens with one attached hydrogen (secondary N) is 2. The van der Waals surface area contributed by atoms with Gasteiger partial charge in [0.2, 0.25) is 5.91 Å². The summed E-state index contributed by atoms with van der Waals surface area (Å²) in [5, 5.41) is 19.1. The molecule has 1 aliphatic rings. The van der Waals surface area contributed by atoms with Crippen LogP contribution in [0.5, 0.6) is 0 Å². The zero-order chi connectivity index (χ0) is 18.8. The van der Waals surface area contributed by atoms with Crippen LogP contribution in [0.3, 0.4) is 0 Å². The number of carbonyl (C=O) groups excluding carboxylic acids is 2. The van der Waals surface area contributed by atoms with E-state index in [0.29, 0.717) is 29.6 Å². The summed E-state index contributed by atoms with van der Waals surface area (Å²) in [6, 6.07) is 5.34. The summed E-state index contributed by atoms with van der Waals surface area (Å²) in [5.74, 6) is -0.174. The van der Waals surface area contributed by atoms with Crippen molar-refractivity contribution in [2.75, 3.05) is 23.3 Å². The normalized spacial score (nSPS) is 13.7. The molecule has 10 nitrogen and oxygen atoms in total. The van der Waals surface area contributed by atoms with Gasteiger partial charge in [-0.15, -0.1) is 16.4 Å². The highest BCUT2D eigenvalue weighted by Crippen LogP contribution is 2.23. The van der Waals surface area contributed by atoms with E-state index in [1.54, 1.807) is 21.0 Å². The number of urea groups is 1. The Morgan fingerprint density at radius 1 is 1.41 bits per heavy atom. The molecule has 0 spiro atoms. The average Bonchev–Trinajstić information content (AvgIpc) is 3.36. The van der Waals surface area contributed by atoms with Crippen LogP contribution in [0.2, 0.25) is 0 Å². The van der Waals surface area contributed by atoms with Gasteiger partial charge in [0.15, 0.2) is 5.13 Å². The van der Waals surface area contributed by atoms with Gasteiger partial charge < -0.3 is 10.6 Å². The van der Waals surface area contributed by atoms with E-state index < -0.39 is 0 Å². The number of rotatable bonds is 5. The molecule has 2 N–H and O–H groups in total. The number of aromatic nitrogens is 5. The molecule has 1 aromatic carbocycles. The summed E-state index contributed by atoms with van der Waals surface area (Å²) in [6.07, 6.45) is 1.65. The summed E-state index contributed by atoms with van der Waals surface area (Å²) in [4.78, 5) is 30.0. The summed E-state index contributed by atoms with van der Waals surface area (Å²) in [7, 11) is 0. The molecule has 0 radical (unpaired) electrons. The number of nitrogens with zero attached hydrogens (tertiary/aromatic N) is 6. The second-order valence-electron chi connectivity index (χ2n) is 5.99.